The van der Waals surface area contributed by atoms with Crippen molar-refractivity contribution in [2.75, 3.05) is 18.9 Å². The van der Waals surface area contributed by atoms with Gasteiger partial charge in [0.1, 0.15) is 29.8 Å². The van der Waals surface area contributed by atoms with Gasteiger partial charge in [0.2, 0.25) is 5.91 Å². The summed E-state index contributed by atoms with van der Waals surface area (Å²) in [5.41, 5.74) is -0.558. The maximum Gasteiger partial charge on any atom is 0.408 e. The van der Waals surface area contributed by atoms with E-state index in [0.717, 1.165) is 18.2 Å². The maximum absolute atomic E-state index is 14.8. The van der Waals surface area contributed by atoms with Crippen LogP contribution in [0.3, 0.4) is 0 Å². The van der Waals surface area contributed by atoms with E-state index in [1.54, 1.807) is 0 Å². The molecule has 1 unspecified atom stereocenters. The van der Waals surface area contributed by atoms with E-state index in [1.165, 1.54) is 19.2 Å². The lowest BCUT2D eigenvalue weighted by Gasteiger charge is -2.32. The number of halogens is 5. The second kappa shape index (κ2) is 9.75. The van der Waals surface area contributed by atoms with Crippen LogP contribution < -0.4 is 16.0 Å². The Morgan fingerprint density at radius 2 is 1.82 bits per heavy atom. The molecule has 0 aromatic heterocycles. The van der Waals surface area contributed by atoms with Gasteiger partial charge in [-0.15, -0.1) is 0 Å². The van der Waals surface area contributed by atoms with Crippen LogP contribution in [0.1, 0.15) is 35.1 Å². The first-order valence-corrected chi connectivity index (χ1v) is 12.4. The molecule has 1 saturated heterocycles. The van der Waals surface area contributed by atoms with Crippen molar-refractivity contribution >= 4 is 29.6 Å². The first-order valence-electron chi connectivity index (χ1n) is 12.4. The van der Waals surface area contributed by atoms with Crippen LogP contribution in [-0.4, -0.2) is 59.5 Å². The number of anilines is 1. The van der Waals surface area contributed by atoms with Gasteiger partial charge in [-0.25, -0.2) is 18.4 Å². The maximum atomic E-state index is 14.8. The number of imide groups is 1. The predicted molar refractivity (Wildman–Crippen MR) is 130 cm³/mol. The standard InChI is InChI=1S/C26H24F5N5O4/c1-32-23(39)33-19-9-14-6-7-25(17(14)10-18(19)28)22(38)36(24(40)34-25)12-21(37)35-11-15-2-4-16(27)8-13(15)3-5-20(35)26(29,30)31/h2,4,8-10,20H,3,5-7,11-12H2,1H3,(H,34,40)(H2,32,33,39)/t20-,25?/m0/s1. The summed E-state index contributed by atoms with van der Waals surface area (Å²) in [6.07, 6.45) is -5.20. The first-order chi connectivity index (χ1) is 18.8. The topological polar surface area (TPSA) is 111 Å². The Morgan fingerprint density at radius 3 is 2.52 bits per heavy atom. The molecule has 40 heavy (non-hydrogen) atoms. The minimum atomic E-state index is -4.81. The number of rotatable bonds is 3. The molecule has 3 N–H and O–H groups in total. The number of hydrogen-bond donors (Lipinski definition) is 3. The molecule has 2 atom stereocenters. The largest absolute Gasteiger partial charge is 0.408 e. The van der Waals surface area contributed by atoms with E-state index in [9.17, 15) is 41.1 Å². The number of carbonyl (C=O) groups is 4. The molecule has 0 radical (unpaired) electrons. The molecular formula is C26H24F5N5O4. The Labute approximate surface area is 224 Å². The number of nitrogens with zero attached hydrogens (tertiary/aromatic N) is 2. The Kier molecular flexibility index (Phi) is 6.66. The monoisotopic (exact) mass is 565 g/mol. The average Bonchev–Trinajstić information content (AvgIpc) is 3.25. The third-order valence-corrected chi connectivity index (χ3v) is 7.64. The van der Waals surface area contributed by atoms with Crippen molar-refractivity contribution in [3.05, 3.63) is 64.2 Å². The second-order valence-electron chi connectivity index (χ2n) is 9.95. The minimum Gasteiger partial charge on any atom is -0.341 e. The molecule has 2 heterocycles. The van der Waals surface area contributed by atoms with Crippen molar-refractivity contribution in [1.29, 1.82) is 0 Å². The fourth-order valence-electron chi connectivity index (χ4n) is 5.63. The average molecular weight is 565 g/mol. The summed E-state index contributed by atoms with van der Waals surface area (Å²) in [6.45, 7) is -1.45. The van der Waals surface area contributed by atoms with E-state index in [0.29, 0.717) is 26.5 Å². The minimum absolute atomic E-state index is 0.0221. The van der Waals surface area contributed by atoms with E-state index >= 15 is 0 Å². The third kappa shape index (κ3) is 4.60. The van der Waals surface area contributed by atoms with Gasteiger partial charge < -0.3 is 20.9 Å². The van der Waals surface area contributed by atoms with Crippen LogP contribution in [0, 0.1) is 11.6 Å². The lowest BCUT2D eigenvalue weighted by atomic mass is 9.91. The molecule has 212 valence electrons. The SMILES string of the molecule is CNC(=O)Nc1cc2c(cc1F)C1(CC2)NC(=O)N(CC(=O)N2Cc3ccc(F)cc3CC[C@H]2C(F)(F)F)C1=O. The quantitative estimate of drug-likeness (QED) is 0.392. The van der Waals surface area contributed by atoms with E-state index in [1.807, 2.05) is 0 Å². The molecular weight excluding hydrogens is 541 g/mol. The third-order valence-electron chi connectivity index (χ3n) is 7.64. The van der Waals surface area contributed by atoms with Gasteiger partial charge in [-0.05, 0) is 72.2 Å². The number of hydrogen-bond acceptors (Lipinski definition) is 4. The molecule has 0 bridgehead atoms. The van der Waals surface area contributed by atoms with Gasteiger partial charge in [0.15, 0.2) is 0 Å². The van der Waals surface area contributed by atoms with Crippen LogP contribution in [0.15, 0.2) is 30.3 Å². The summed E-state index contributed by atoms with van der Waals surface area (Å²) in [5.74, 6) is -3.49. The van der Waals surface area contributed by atoms with Gasteiger partial charge in [-0.3, -0.25) is 14.5 Å². The van der Waals surface area contributed by atoms with Crippen molar-refractivity contribution in [3.8, 4) is 0 Å². The number of carbonyl (C=O) groups excluding carboxylic acids is 4. The van der Waals surface area contributed by atoms with Crippen molar-refractivity contribution in [1.82, 2.24) is 20.4 Å². The fraction of sp³-hybridized carbons (Fsp3) is 0.385. The highest BCUT2D eigenvalue weighted by Crippen LogP contribution is 2.43. The molecule has 1 aliphatic carbocycles. The van der Waals surface area contributed by atoms with Gasteiger partial charge in [-0.2, -0.15) is 13.2 Å². The lowest BCUT2D eigenvalue weighted by Crippen LogP contribution is -2.52. The molecule has 5 rings (SSSR count). The summed E-state index contributed by atoms with van der Waals surface area (Å²) >= 11 is 0. The number of urea groups is 2. The predicted octanol–water partition coefficient (Wildman–Crippen LogP) is 3.32. The zero-order valence-corrected chi connectivity index (χ0v) is 21.1. The summed E-state index contributed by atoms with van der Waals surface area (Å²) in [5, 5.41) is 7.11. The molecule has 2 aliphatic heterocycles. The van der Waals surface area contributed by atoms with Crippen LogP contribution in [-0.2, 0) is 34.5 Å². The lowest BCUT2D eigenvalue weighted by molar-refractivity contribution is -0.192. The Hall–Kier alpha value is -4.23. The molecule has 2 aromatic carbocycles. The summed E-state index contributed by atoms with van der Waals surface area (Å²) < 4.78 is 70.5. The second-order valence-corrected chi connectivity index (χ2v) is 9.95. The zero-order valence-electron chi connectivity index (χ0n) is 21.1. The van der Waals surface area contributed by atoms with Crippen LogP contribution in [0.4, 0.5) is 37.2 Å². The Bertz CT molecular complexity index is 1430. The first kappa shape index (κ1) is 27.3. The van der Waals surface area contributed by atoms with Gasteiger partial charge in [0.05, 0.1) is 5.69 Å². The summed E-state index contributed by atoms with van der Waals surface area (Å²) in [6, 6.07) is 2.00. The van der Waals surface area contributed by atoms with Crippen molar-refractivity contribution in [3.63, 3.8) is 0 Å². The Balaban J connectivity index is 1.41. The molecule has 9 nitrogen and oxygen atoms in total. The van der Waals surface area contributed by atoms with Crippen LogP contribution in [0.25, 0.3) is 0 Å². The molecule has 0 saturated carbocycles. The van der Waals surface area contributed by atoms with Crippen LogP contribution in [0.5, 0.6) is 0 Å². The summed E-state index contributed by atoms with van der Waals surface area (Å²) in [7, 11) is 1.35. The number of aryl methyl sites for hydroxylation is 2. The van der Waals surface area contributed by atoms with E-state index in [-0.39, 0.29) is 30.5 Å². The number of benzene rings is 2. The van der Waals surface area contributed by atoms with E-state index in [2.05, 4.69) is 16.0 Å². The smallest absolute Gasteiger partial charge is 0.341 e. The van der Waals surface area contributed by atoms with Crippen molar-refractivity contribution in [2.24, 2.45) is 0 Å². The number of alkyl halides is 3. The zero-order chi connectivity index (χ0) is 29.0. The van der Waals surface area contributed by atoms with Crippen molar-refractivity contribution < 1.29 is 41.1 Å². The number of fused-ring (bicyclic) bond motifs is 3. The molecule has 3 aliphatic rings. The molecule has 14 heteroatoms. The fourth-order valence-corrected chi connectivity index (χ4v) is 5.63. The molecule has 1 fully saturated rings. The summed E-state index contributed by atoms with van der Waals surface area (Å²) in [4.78, 5) is 52.4. The van der Waals surface area contributed by atoms with Gasteiger partial charge in [0.25, 0.3) is 5.91 Å². The molecule has 1 spiro atoms. The number of amides is 6. The normalized spacial score (nSPS) is 22.1. The van der Waals surface area contributed by atoms with E-state index < -0.39 is 72.8 Å². The van der Waals surface area contributed by atoms with Crippen molar-refractivity contribution in [2.45, 2.75) is 50.0 Å². The highest BCUT2D eigenvalue weighted by Gasteiger charge is 2.56. The Morgan fingerprint density at radius 1 is 1.07 bits per heavy atom. The van der Waals surface area contributed by atoms with Gasteiger partial charge >= 0.3 is 18.2 Å². The molecule has 2 aromatic rings. The van der Waals surface area contributed by atoms with E-state index in [4.69, 9.17) is 0 Å². The van der Waals surface area contributed by atoms with Crippen LogP contribution >= 0.6 is 0 Å². The van der Waals surface area contributed by atoms with Gasteiger partial charge in [-0.1, -0.05) is 6.07 Å². The van der Waals surface area contributed by atoms with Crippen LogP contribution in [0.2, 0.25) is 0 Å². The van der Waals surface area contributed by atoms with Gasteiger partial charge in [0, 0.05) is 13.6 Å². The molecule has 6 amide bonds. The highest BCUT2D eigenvalue weighted by molar-refractivity contribution is 6.10. The highest BCUT2D eigenvalue weighted by atomic mass is 19.4. The number of nitrogens with one attached hydrogen (secondary N) is 3.